The Balaban J connectivity index is 1.47. The number of carbonyl (C=O) groups is 1. The first-order valence-corrected chi connectivity index (χ1v) is 12.2. The normalized spacial score (nSPS) is 20.2. The van der Waals surface area contributed by atoms with Crippen LogP contribution in [0.2, 0.25) is 0 Å². The van der Waals surface area contributed by atoms with Crippen molar-refractivity contribution < 1.29 is 17.6 Å². The fraction of sp³-hybridized carbons (Fsp3) is 0.476. The second-order valence-electron chi connectivity index (χ2n) is 8.11. The van der Waals surface area contributed by atoms with Gasteiger partial charge < -0.3 is 9.88 Å². The summed E-state index contributed by atoms with van der Waals surface area (Å²) in [6, 6.07) is 5.77. The molecule has 166 valence electrons. The van der Waals surface area contributed by atoms with Gasteiger partial charge in [0.25, 0.3) is 5.56 Å². The number of carbonyl (C=O) groups excluding carboxylic acids is 1. The van der Waals surface area contributed by atoms with Crippen molar-refractivity contribution in [3.63, 3.8) is 0 Å². The smallest absolute Gasteiger partial charge is 0.254 e. The molecule has 2 heterocycles. The van der Waals surface area contributed by atoms with Crippen molar-refractivity contribution in [3.05, 3.63) is 51.7 Å². The van der Waals surface area contributed by atoms with E-state index in [0.717, 1.165) is 0 Å². The number of halogens is 1. The number of fused-ring (bicyclic) bond motifs is 1. The molecule has 1 saturated heterocycles. The zero-order chi connectivity index (χ0) is 22.2. The Morgan fingerprint density at radius 2 is 1.74 bits per heavy atom. The van der Waals surface area contributed by atoms with Gasteiger partial charge in [0.15, 0.2) is 0 Å². The molecule has 1 aromatic heterocycles. The molecule has 0 radical (unpaired) electrons. The highest BCUT2D eigenvalue weighted by Gasteiger charge is 2.31. The Hall–Kier alpha value is -2.59. The SMILES string of the molecule is CS(=O)(=O)N1CCN(C(=O)C2CCc3nc(-c4ccc(F)cc4)[nH]c(=O)c3CC2)CC1. The van der Waals surface area contributed by atoms with Crippen LogP contribution in [-0.2, 0) is 27.7 Å². The molecule has 1 aliphatic heterocycles. The summed E-state index contributed by atoms with van der Waals surface area (Å²) in [6.45, 7) is 1.37. The van der Waals surface area contributed by atoms with Gasteiger partial charge in [0, 0.05) is 43.2 Å². The summed E-state index contributed by atoms with van der Waals surface area (Å²) >= 11 is 0. The number of amides is 1. The third-order valence-corrected chi connectivity index (χ3v) is 7.36. The van der Waals surface area contributed by atoms with Crippen molar-refractivity contribution in [1.82, 2.24) is 19.2 Å². The highest BCUT2D eigenvalue weighted by Crippen LogP contribution is 2.25. The van der Waals surface area contributed by atoms with E-state index in [1.807, 2.05) is 0 Å². The number of rotatable bonds is 3. The standard InChI is InChI=1S/C21H25FN4O4S/c1-31(29,30)26-12-10-25(11-13-26)21(28)15-4-8-17-18(9-5-15)23-19(24-20(17)27)14-2-6-16(22)7-3-14/h2-3,6-7,15H,4-5,8-13H2,1H3,(H,23,24,27). The van der Waals surface area contributed by atoms with Gasteiger partial charge in [-0.3, -0.25) is 9.59 Å². The number of H-pyrrole nitrogens is 1. The maximum absolute atomic E-state index is 13.2. The summed E-state index contributed by atoms with van der Waals surface area (Å²) in [6.07, 6.45) is 3.28. The number of hydrogen-bond donors (Lipinski definition) is 1. The second-order valence-corrected chi connectivity index (χ2v) is 10.1. The summed E-state index contributed by atoms with van der Waals surface area (Å²) in [4.78, 5) is 34.8. The molecular weight excluding hydrogens is 423 g/mol. The minimum atomic E-state index is -3.25. The van der Waals surface area contributed by atoms with E-state index < -0.39 is 10.0 Å². The van der Waals surface area contributed by atoms with Crippen LogP contribution >= 0.6 is 0 Å². The average molecular weight is 449 g/mol. The molecule has 1 unspecified atom stereocenters. The molecule has 0 spiro atoms. The number of sulfonamides is 1. The molecule has 31 heavy (non-hydrogen) atoms. The number of nitrogens with zero attached hydrogens (tertiary/aromatic N) is 3. The lowest BCUT2D eigenvalue weighted by Crippen LogP contribution is -2.51. The summed E-state index contributed by atoms with van der Waals surface area (Å²) < 4.78 is 37.9. The van der Waals surface area contributed by atoms with Crippen molar-refractivity contribution >= 4 is 15.9 Å². The summed E-state index contributed by atoms with van der Waals surface area (Å²) in [5, 5.41) is 0. The van der Waals surface area contributed by atoms with Gasteiger partial charge in [-0.1, -0.05) is 0 Å². The molecule has 1 aliphatic carbocycles. The molecule has 10 heteroatoms. The van der Waals surface area contributed by atoms with Gasteiger partial charge in [0.1, 0.15) is 11.6 Å². The van der Waals surface area contributed by atoms with Crippen LogP contribution in [0.4, 0.5) is 4.39 Å². The molecule has 2 aromatic rings. The van der Waals surface area contributed by atoms with E-state index in [1.165, 1.54) is 22.7 Å². The van der Waals surface area contributed by atoms with Gasteiger partial charge in [-0.05, 0) is 49.9 Å². The van der Waals surface area contributed by atoms with Crippen LogP contribution in [0.15, 0.2) is 29.1 Å². The molecule has 1 atom stereocenters. The van der Waals surface area contributed by atoms with Gasteiger partial charge in [-0.15, -0.1) is 0 Å². The molecule has 0 bridgehead atoms. The van der Waals surface area contributed by atoms with E-state index in [2.05, 4.69) is 9.97 Å². The van der Waals surface area contributed by atoms with Crippen LogP contribution in [0.25, 0.3) is 11.4 Å². The third-order valence-electron chi connectivity index (χ3n) is 6.06. The first-order valence-electron chi connectivity index (χ1n) is 10.3. The van der Waals surface area contributed by atoms with Gasteiger partial charge in [-0.2, -0.15) is 4.31 Å². The average Bonchev–Trinajstić information content (AvgIpc) is 2.96. The topological polar surface area (TPSA) is 103 Å². The van der Waals surface area contributed by atoms with Crippen LogP contribution < -0.4 is 5.56 Å². The van der Waals surface area contributed by atoms with Crippen LogP contribution in [-0.4, -0.2) is 65.9 Å². The highest BCUT2D eigenvalue weighted by atomic mass is 32.2. The Kier molecular flexibility index (Phi) is 5.94. The van der Waals surface area contributed by atoms with Crippen molar-refractivity contribution in [2.75, 3.05) is 32.4 Å². The minimum absolute atomic E-state index is 0.0103. The van der Waals surface area contributed by atoms with Crippen LogP contribution in [0.1, 0.15) is 24.1 Å². The molecule has 1 aromatic carbocycles. The van der Waals surface area contributed by atoms with E-state index in [9.17, 15) is 22.4 Å². The number of piperazine rings is 1. The Morgan fingerprint density at radius 1 is 1.10 bits per heavy atom. The third kappa shape index (κ3) is 4.69. The second kappa shape index (κ2) is 8.51. The molecule has 8 nitrogen and oxygen atoms in total. The fourth-order valence-electron chi connectivity index (χ4n) is 4.27. The van der Waals surface area contributed by atoms with Crippen LogP contribution in [0.5, 0.6) is 0 Å². The summed E-state index contributed by atoms with van der Waals surface area (Å²) in [5.74, 6) is -0.186. The minimum Gasteiger partial charge on any atom is -0.340 e. The Bertz CT molecular complexity index is 1140. The maximum atomic E-state index is 13.2. The van der Waals surface area contributed by atoms with E-state index in [-0.39, 0.29) is 23.2 Å². The monoisotopic (exact) mass is 448 g/mol. The number of aromatic nitrogens is 2. The van der Waals surface area contributed by atoms with Crippen molar-refractivity contribution in [3.8, 4) is 11.4 Å². The predicted molar refractivity (Wildman–Crippen MR) is 113 cm³/mol. The Morgan fingerprint density at radius 3 is 2.39 bits per heavy atom. The first-order chi connectivity index (χ1) is 14.7. The zero-order valence-corrected chi connectivity index (χ0v) is 18.1. The van der Waals surface area contributed by atoms with Gasteiger partial charge in [0.05, 0.1) is 11.9 Å². The lowest BCUT2D eigenvalue weighted by Gasteiger charge is -2.35. The lowest BCUT2D eigenvalue weighted by atomic mass is 9.97. The molecular formula is C21H25FN4O4S. The molecule has 4 rings (SSSR count). The van der Waals surface area contributed by atoms with E-state index >= 15 is 0 Å². The van der Waals surface area contributed by atoms with Crippen molar-refractivity contribution in [2.45, 2.75) is 25.7 Å². The predicted octanol–water partition coefficient (Wildman–Crippen LogP) is 1.17. The largest absolute Gasteiger partial charge is 0.340 e. The van der Waals surface area contributed by atoms with Crippen molar-refractivity contribution in [1.29, 1.82) is 0 Å². The lowest BCUT2D eigenvalue weighted by molar-refractivity contribution is -0.137. The number of nitrogens with one attached hydrogen (secondary N) is 1. The van der Waals surface area contributed by atoms with E-state index in [0.29, 0.717) is 74.5 Å². The number of benzene rings is 1. The maximum Gasteiger partial charge on any atom is 0.254 e. The molecule has 2 aliphatic rings. The Labute approximate surface area is 180 Å². The zero-order valence-electron chi connectivity index (χ0n) is 17.3. The first kappa shape index (κ1) is 21.6. The number of hydrogen-bond acceptors (Lipinski definition) is 5. The molecule has 1 amide bonds. The summed E-state index contributed by atoms with van der Waals surface area (Å²) in [7, 11) is -3.25. The fourth-order valence-corrected chi connectivity index (χ4v) is 5.10. The van der Waals surface area contributed by atoms with Gasteiger partial charge in [0.2, 0.25) is 15.9 Å². The molecule has 1 N–H and O–H groups in total. The van der Waals surface area contributed by atoms with E-state index in [1.54, 1.807) is 17.0 Å². The summed E-state index contributed by atoms with van der Waals surface area (Å²) in [5.41, 5.74) is 1.68. The quantitative estimate of drug-likeness (QED) is 0.710. The highest BCUT2D eigenvalue weighted by molar-refractivity contribution is 7.88. The molecule has 0 saturated carbocycles. The van der Waals surface area contributed by atoms with Gasteiger partial charge in [-0.25, -0.2) is 17.8 Å². The van der Waals surface area contributed by atoms with Crippen LogP contribution in [0.3, 0.4) is 0 Å². The van der Waals surface area contributed by atoms with Crippen LogP contribution in [0, 0.1) is 11.7 Å². The van der Waals surface area contributed by atoms with Gasteiger partial charge >= 0.3 is 0 Å². The number of aryl methyl sites for hydroxylation is 1. The number of aromatic amines is 1. The van der Waals surface area contributed by atoms with Crippen molar-refractivity contribution in [2.24, 2.45) is 5.92 Å². The van der Waals surface area contributed by atoms with E-state index in [4.69, 9.17) is 0 Å². The molecule has 1 fully saturated rings.